The summed E-state index contributed by atoms with van der Waals surface area (Å²) in [5, 5.41) is 0. The highest BCUT2D eigenvalue weighted by molar-refractivity contribution is 5.87. The van der Waals surface area contributed by atoms with Crippen LogP contribution in [0.15, 0.2) is 12.1 Å². The van der Waals surface area contributed by atoms with Crippen LogP contribution in [0, 0.1) is 0 Å². The van der Waals surface area contributed by atoms with Gasteiger partial charge in [-0.2, -0.15) is 13.2 Å². The quantitative estimate of drug-likeness (QED) is 0.791. The van der Waals surface area contributed by atoms with Gasteiger partial charge < -0.3 is 14.2 Å². The van der Waals surface area contributed by atoms with E-state index >= 15 is 0 Å². The zero-order valence-corrected chi connectivity index (χ0v) is 10.4. The lowest BCUT2D eigenvalue weighted by molar-refractivity contribution is -0.189. The fourth-order valence-electron chi connectivity index (χ4n) is 1.14. The molecule has 0 N–H and O–H groups in total. The van der Waals surface area contributed by atoms with Crippen molar-refractivity contribution in [2.24, 2.45) is 0 Å². The Morgan fingerprint density at radius 1 is 1.32 bits per heavy atom. The van der Waals surface area contributed by atoms with Crippen LogP contribution < -0.4 is 9.47 Å². The standard InChI is InChI=1S/C11H12F3NO4/c1-6(11(12,13)14)19-8-5-4-7(10(16)18-3)15-9(8)17-2/h4-6H,1-3H3. The predicted molar refractivity (Wildman–Crippen MR) is 58.3 cm³/mol. The number of hydrogen-bond donors (Lipinski definition) is 0. The molecule has 1 unspecified atom stereocenters. The van der Waals surface area contributed by atoms with E-state index in [0.29, 0.717) is 0 Å². The van der Waals surface area contributed by atoms with Crippen LogP contribution in [0.5, 0.6) is 11.6 Å². The van der Waals surface area contributed by atoms with Gasteiger partial charge in [-0.1, -0.05) is 0 Å². The first-order valence-corrected chi connectivity index (χ1v) is 5.16. The molecule has 0 aromatic carbocycles. The summed E-state index contributed by atoms with van der Waals surface area (Å²) in [5.74, 6) is -1.16. The van der Waals surface area contributed by atoms with Crippen molar-refractivity contribution >= 4 is 5.97 Å². The molecule has 0 aliphatic heterocycles. The molecule has 1 rings (SSSR count). The average molecular weight is 279 g/mol. The van der Waals surface area contributed by atoms with Gasteiger partial charge in [0.15, 0.2) is 17.5 Å². The molecular formula is C11H12F3NO4. The third kappa shape index (κ3) is 3.73. The van der Waals surface area contributed by atoms with Gasteiger partial charge in [0.1, 0.15) is 0 Å². The minimum absolute atomic E-state index is 0.0913. The van der Waals surface area contributed by atoms with Gasteiger partial charge in [-0.3, -0.25) is 0 Å². The summed E-state index contributed by atoms with van der Waals surface area (Å²) in [6.45, 7) is 0.855. The first kappa shape index (κ1) is 15.1. The number of esters is 1. The molecule has 19 heavy (non-hydrogen) atoms. The first-order chi connectivity index (χ1) is 8.79. The lowest BCUT2D eigenvalue weighted by Crippen LogP contribution is -2.31. The second kappa shape index (κ2) is 5.77. The number of methoxy groups -OCH3 is 2. The molecule has 0 aliphatic rings. The highest BCUT2D eigenvalue weighted by Gasteiger charge is 2.38. The number of pyridine rings is 1. The predicted octanol–water partition coefficient (Wildman–Crippen LogP) is 2.21. The summed E-state index contributed by atoms with van der Waals surface area (Å²) in [4.78, 5) is 14.9. The Morgan fingerprint density at radius 2 is 1.95 bits per heavy atom. The third-order valence-electron chi connectivity index (χ3n) is 2.18. The maximum atomic E-state index is 12.4. The zero-order valence-electron chi connectivity index (χ0n) is 10.4. The molecule has 106 valence electrons. The zero-order chi connectivity index (χ0) is 14.6. The number of nitrogens with zero attached hydrogens (tertiary/aromatic N) is 1. The number of rotatable bonds is 4. The van der Waals surface area contributed by atoms with Crippen molar-refractivity contribution in [2.45, 2.75) is 19.2 Å². The van der Waals surface area contributed by atoms with E-state index in [0.717, 1.165) is 14.0 Å². The van der Waals surface area contributed by atoms with Crippen LogP contribution in [0.2, 0.25) is 0 Å². The Bertz CT molecular complexity index is 462. The SMILES string of the molecule is COC(=O)c1ccc(OC(C)C(F)(F)F)c(OC)n1. The van der Waals surface area contributed by atoms with Gasteiger partial charge in [-0.15, -0.1) is 0 Å². The maximum absolute atomic E-state index is 12.4. The molecule has 0 bridgehead atoms. The van der Waals surface area contributed by atoms with Gasteiger partial charge in [0.25, 0.3) is 5.88 Å². The molecule has 0 spiro atoms. The molecule has 8 heteroatoms. The van der Waals surface area contributed by atoms with E-state index in [2.05, 4.69) is 9.72 Å². The monoisotopic (exact) mass is 279 g/mol. The van der Waals surface area contributed by atoms with Crippen LogP contribution in [0.25, 0.3) is 0 Å². The Morgan fingerprint density at radius 3 is 2.42 bits per heavy atom. The second-order valence-electron chi connectivity index (χ2n) is 3.50. The van der Waals surface area contributed by atoms with Crippen molar-refractivity contribution in [2.75, 3.05) is 14.2 Å². The van der Waals surface area contributed by atoms with Gasteiger partial charge in [-0.25, -0.2) is 9.78 Å². The highest BCUT2D eigenvalue weighted by atomic mass is 19.4. The molecule has 5 nitrogen and oxygen atoms in total. The molecule has 0 radical (unpaired) electrons. The van der Waals surface area contributed by atoms with Gasteiger partial charge >= 0.3 is 12.1 Å². The fourth-order valence-corrected chi connectivity index (χ4v) is 1.14. The molecule has 0 amide bonds. The molecule has 1 atom stereocenters. The number of halogens is 3. The van der Waals surface area contributed by atoms with E-state index in [1.54, 1.807) is 0 Å². The molecule has 1 aromatic rings. The van der Waals surface area contributed by atoms with E-state index < -0.39 is 18.2 Å². The Hall–Kier alpha value is -1.99. The van der Waals surface area contributed by atoms with Crippen molar-refractivity contribution in [3.8, 4) is 11.6 Å². The van der Waals surface area contributed by atoms with Crippen molar-refractivity contribution in [3.05, 3.63) is 17.8 Å². The molecule has 1 aromatic heterocycles. The summed E-state index contributed by atoms with van der Waals surface area (Å²) in [5.41, 5.74) is -0.0913. The maximum Gasteiger partial charge on any atom is 0.425 e. The Kier molecular flexibility index (Phi) is 4.57. The summed E-state index contributed by atoms with van der Waals surface area (Å²) < 4.78 is 51.0. The summed E-state index contributed by atoms with van der Waals surface area (Å²) in [6.07, 6.45) is -6.53. The largest absolute Gasteiger partial charge is 0.478 e. The van der Waals surface area contributed by atoms with E-state index in [1.807, 2.05) is 0 Å². The highest BCUT2D eigenvalue weighted by Crippen LogP contribution is 2.30. The summed E-state index contributed by atoms with van der Waals surface area (Å²) >= 11 is 0. The van der Waals surface area contributed by atoms with E-state index in [9.17, 15) is 18.0 Å². The van der Waals surface area contributed by atoms with Crippen LogP contribution in [0.1, 0.15) is 17.4 Å². The number of aromatic nitrogens is 1. The minimum atomic E-state index is -4.51. The smallest absolute Gasteiger partial charge is 0.425 e. The summed E-state index contributed by atoms with van der Waals surface area (Å²) in [6, 6.07) is 2.35. The minimum Gasteiger partial charge on any atom is -0.478 e. The van der Waals surface area contributed by atoms with Crippen LogP contribution in [0.3, 0.4) is 0 Å². The Labute approximate surface area is 107 Å². The molecule has 0 aliphatic carbocycles. The van der Waals surface area contributed by atoms with Crippen molar-refractivity contribution in [1.82, 2.24) is 4.98 Å². The topological polar surface area (TPSA) is 57.7 Å². The van der Waals surface area contributed by atoms with Gasteiger partial charge in [-0.05, 0) is 19.1 Å². The van der Waals surface area contributed by atoms with Crippen LogP contribution >= 0.6 is 0 Å². The molecule has 1 heterocycles. The van der Waals surface area contributed by atoms with Crippen LogP contribution in [0.4, 0.5) is 13.2 Å². The van der Waals surface area contributed by atoms with E-state index in [4.69, 9.17) is 9.47 Å². The number of ether oxygens (including phenoxy) is 3. The van der Waals surface area contributed by atoms with Crippen molar-refractivity contribution < 1.29 is 32.2 Å². The summed E-state index contributed by atoms with van der Waals surface area (Å²) in [7, 11) is 2.36. The number of alkyl halides is 3. The fraction of sp³-hybridized carbons (Fsp3) is 0.455. The lowest BCUT2D eigenvalue weighted by atomic mass is 10.3. The molecule has 0 saturated heterocycles. The van der Waals surface area contributed by atoms with E-state index in [-0.39, 0.29) is 17.3 Å². The Balaban J connectivity index is 3.00. The second-order valence-corrected chi connectivity index (χ2v) is 3.50. The molecule has 0 saturated carbocycles. The lowest BCUT2D eigenvalue weighted by Gasteiger charge is -2.18. The average Bonchev–Trinajstić information content (AvgIpc) is 2.37. The van der Waals surface area contributed by atoms with Crippen LogP contribution in [-0.4, -0.2) is 37.5 Å². The molecule has 0 fully saturated rings. The van der Waals surface area contributed by atoms with Crippen LogP contribution in [-0.2, 0) is 4.74 Å². The molecular weight excluding hydrogens is 267 g/mol. The van der Waals surface area contributed by atoms with E-state index in [1.165, 1.54) is 19.2 Å². The van der Waals surface area contributed by atoms with Crippen molar-refractivity contribution in [3.63, 3.8) is 0 Å². The van der Waals surface area contributed by atoms with Gasteiger partial charge in [0.2, 0.25) is 0 Å². The number of carbonyl (C=O) groups is 1. The number of hydrogen-bond acceptors (Lipinski definition) is 5. The third-order valence-corrected chi connectivity index (χ3v) is 2.18. The van der Waals surface area contributed by atoms with Gasteiger partial charge in [0.05, 0.1) is 14.2 Å². The van der Waals surface area contributed by atoms with Gasteiger partial charge in [0, 0.05) is 0 Å². The normalized spacial score (nSPS) is 12.7. The van der Waals surface area contributed by atoms with Crippen molar-refractivity contribution in [1.29, 1.82) is 0 Å². The first-order valence-electron chi connectivity index (χ1n) is 5.16. The number of carbonyl (C=O) groups excluding carboxylic acids is 1.